The van der Waals surface area contributed by atoms with E-state index in [9.17, 15) is 13.6 Å². The van der Waals surface area contributed by atoms with Crippen molar-refractivity contribution in [3.63, 3.8) is 0 Å². The van der Waals surface area contributed by atoms with Gasteiger partial charge < -0.3 is 0 Å². The van der Waals surface area contributed by atoms with Gasteiger partial charge in [-0.1, -0.05) is 0 Å². The van der Waals surface area contributed by atoms with Gasteiger partial charge in [0.2, 0.25) is 0 Å². The average molecular weight is 234 g/mol. The average Bonchev–Trinajstić information content (AvgIpc) is 2.39. The van der Waals surface area contributed by atoms with Crippen LogP contribution in [0.4, 0.5) is 8.78 Å². The number of hydrogen-bond donors (Lipinski definition) is 0. The second-order valence-electron chi connectivity index (χ2n) is 3.39. The lowest BCUT2D eigenvalue weighted by Gasteiger charge is -2.04. The summed E-state index contributed by atoms with van der Waals surface area (Å²) < 4.78 is 24.9. The van der Waals surface area contributed by atoms with E-state index in [1.54, 1.807) is 12.1 Å². The molecular formula is C12H8F2N2O. The number of pyridine rings is 2. The van der Waals surface area contributed by atoms with E-state index in [2.05, 4.69) is 9.97 Å². The van der Waals surface area contributed by atoms with Gasteiger partial charge in [0.05, 0.1) is 0 Å². The van der Waals surface area contributed by atoms with Crippen LogP contribution in [0.2, 0.25) is 0 Å². The predicted octanol–water partition coefficient (Wildman–Crippen LogP) is 2.89. The van der Waals surface area contributed by atoms with E-state index in [1.165, 1.54) is 24.7 Å². The second-order valence-corrected chi connectivity index (χ2v) is 3.39. The Balaban J connectivity index is 2.45. The first-order chi connectivity index (χ1) is 8.20. The molecule has 5 heteroatoms. The molecule has 0 saturated carbocycles. The molecule has 0 spiro atoms. The fraction of sp³-hybridized carbons (Fsp3) is 0.0833. The summed E-state index contributed by atoms with van der Waals surface area (Å²) in [5.74, 6) is 0. The van der Waals surface area contributed by atoms with E-state index in [-0.39, 0.29) is 5.69 Å². The van der Waals surface area contributed by atoms with Crippen molar-refractivity contribution in [1.82, 2.24) is 9.97 Å². The molecule has 17 heavy (non-hydrogen) atoms. The van der Waals surface area contributed by atoms with Gasteiger partial charge >= 0.3 is 0 Å². The van der Waals surface area contributed by atoms with Crippen molar-refractivity contribution in [3.8, 4) is 11.1 Å². The van der Waals surface area contributed by atoms with E-state index < -0.39 is 6.43 Å². The van der Waals surface area contributed by atoms with Crippen LogP contribution in [0.3, 0.4) is 0 Å². The fourth-order valence-electron chi connectivity index (χ4n) is 1.43. The van der Waals surface area contributed by atoms with Crippen LogP contribution in [0, 0.1) is 0 Å². The molecule has 0 fully saturated rings. The number of hydrogen-bond acceptors (Lipinski definition) is 3. The first kappa shape index (κ1) is 11.3. The normalized spacial score (nSPS) is 10.5. The third kappa shape index (κ3) is 2.50. The molecule has 2 aromatic heterocycles. The standard InChI is InChI=1S/C12H8F2N2O/c13-12(14)11-4-9(1-2-16-11)10-3-8(7-17)5-15-6-10/h1-7,12H. The zero-order valence-electron chi connectivity index (χ0n) is 8.68. The van der Waals surface area contributed by atoms with Crippen LogP contribution >= 0.6 is 0 Å². The molecule has 0 N–H and O–H groups in total. The highest BCUT2D eigenvalue weighted by Crippen LogP contribution is 2.23. The minimum Gasteiger partial charge on any atom is -0.298 e. The first-order valence-electron chi connectivity index (χ1n) is 4.85. The molecule has 0 aliphatic rings. The van der Waals surface area contributed by atoms with Crippen molar-refractivity contribution in [1.29, 1.82) is 0 Å². The van der Waals surface area contributed by atoms with Gasteiger partial charge in [-0.25, -0.2) is 8.78 Å². The van der Waals surface area contributed by atoms with Crippen LogP contribution in [0.15, 0.2) is 36.8 Å². The number of rotatable bonds is 3. The monoisotopic (exact) mass is 234 g/mol. The molecule has 0 saturated heterocycles. The molecule has 0 radical (unpaired) electrons. The number of aldehydes is 1. The van der Waals surface area contributed by atoms with Crippen LogP contribution in [-0.2, 0) is 0 Å². The highest BCUT2D eigenvalue weighted by molar-refractivity contribution is 5.77. The Morgan fingerprint density at radius 1 is 1.18 bits per heavy atom. The molecule has 2 heterocycles. The van der Waals surface area contributed by atoms with Gasteiger partial charge in [-0.3, -0.25) is 14.8 Å². The van der Waals surface area contributed by atoms with Gasteiger partial charge in [0.15, 0.2) is 6.29 Å². The molecule has 0 atom stereocenters. The van der Waals surface area contributed by atoms with Crippen LogP contribution in [0.1, 0.15) is 22.5 Å². The number of alkyl halides is 2. The summed E-state index contributed by atoms with van der Waals surface area (Å²) in [6.45, 7) is 0. The van der Waals surface area contributed by atoms with Gasteiger partial charge in [-0.15, -0.1) is 0 Å². The van der Waals surface area contributed by atoms with E-state index in [0.717, 1.165) is 0 Å². The number of nitrogens with zero attached hydrogens (tertiary/aromatic N) is 2. The van der Waals surface area contributed by atoms with Gasteiger partial charge in [0, 0.05) is 29.7 Å². The van der Waals surface area contributed by atoms with Crippen molar-refractivity contribution in [2.45, 2.75) is 6.43 Å². The zero-order chi connectivity index (χ0) is 12.3. The van der Waals surface area contributed by atoms with E-state index in [1.807, 2.05) is 0 Å². The Morgan fingerprint density at radius 2 is 2.00 bits per heavy atom. The maximum absolute atomic E-state index is 12.5. The Kier molecular flexibility index (Phi) is 3.18. The first-order valence-corrected chi connectivity index (χ1v) is 4.85. The molecule has 0 amide bonds. The fourth-order valence-corrected chi connectivity index (χ4v) is 1.43. The van der Waals surface area contributed by atoms with Gasteiger partial charge in [-0.2, -0.15) is 0 Å². The number of halogens is 2. The quantitative estimate of drug-likeness (QED) is 0.767. The van der Waals surface area contributed by atoms with Gasteiger partial charge in [0.1, 0.15) is 5.69 Å². The lowest BCUT2D eigenvalue weighted by molar-refractivity contribution is 0.112. The van der Waals surface area contributed by atoms with Crippen LogP contribution in [-0.4, -0.2) is 16.3 Å². The third-order valence-electron chi connectivity index (χ3n) is 2.23. The summed E-state index contributed by atoms with van der Waals surface area (Å²) in [7, 11) is 0. The number of carbonyl (C=O) groups is 1. The molecule has 0 aliphatic heterocycles. The predicted molar refractivity (Wildman–Crippen MR) is 57.8 cm³/mol. The molecule has 0 aliphatic carbocycles. The summed E-state index contributed by atoms with van der Waals surface area (Å²) in [6.07, 6.45) is 2.27. The Hall–Kier alpha value is -2.17. The lowest BCUT2D eigenvalue weighted by Crippen LogP contribution is -1.91. The maximum Gasteiger partial charge on any atom is 0.280 e. The summed E-state index contributed by atoms with van der Waals surface area (Å²) in [5, 5.41) is 0. The summed E-state index contributed by atoms with van der Waals surface area (Å²) in [6, 6.07) is 4.47. The van der Waals surface area contributed by atoms with Crippen molar-refractivity contribution in [3.05, 3.63) is 48.0 Å². The molecule has 3 nitrogen and oxygen atoms in total. The van der Waals surface area contributed by atoms with Gasteiger partial charge in [0.25, 0.3) is 6.43 Å². The topological polar surface area (TPSA) is 42.9 Å². The van der Waals surface area contributed by atoms with Crippen molar-refractivity contribution in [2.75, 3.05) is 0 Å². The molecule has 0 aromatic carbocycles. The maximum atomic E-state index is 12.5. The molecular weight excluding hydrogens is 226 g/mol. The van der Waals surface area contributed by atoms with Crippen molar-refractivity contribution < 1.29 is 13.6 Å². The van der Waals surface area contributed by atoms with E-state index in [0.29, 0.717) is 23.0 Å². The highest BCUT2D eigenvalue weighted by atomic mass is 19.3. The molecule has 2 aromatic rings. The highest BCUT2D eigenvalue weighted by Gasteiger charge is 2.09. The minimum absolute atomic E-state index is 0.293. The SMILES string of the molecule is O=Cc1cncc(-c2ccnc(C(F)F)c2)c1. The zero-order valence-corrected chi connectivity index (χ0v) is 8.68. The lowest BCUT2D eigenvalue weighted by atomic mass is 10.1. The van der Waals surface area contributed by atoms with Crippen LogP contribution < -0.4 is 0 Å². The third-order valence-corrected chi connectivity index (χ3v) is 2.23. The molecule has 86 valence electrons. The van der Waals surface area contributed by atoms with E-state index in [4.69, 9.17) is 0 Å². The Morgan fingerprint density at radius 3 is 2.71 bits per heavy atom. The number of aromatic nitrogens is 2. The summed E-state index contributed by atoms with van der Waals surface area (Å²) in [5.41, 5.74) is 1.28. The summed E-state index contributed by atoms with van der Waals surface area (Å²) >= 11 is 0. The molecule has 2 rings (SSSR count). The molecule has 0 unspecified atom stereocenters. The van der Waals surface area contributed by atoms with Gasteiger partial charge in [-0.05, 0) is 23.8 Å². The van der Waals surface area contributed by atoms with Crippen LogP contribution in [0.25, 0.3) is 11.1 Å². The van der Waals surface area contributed by atoms with Crippen molar-refractivity contribution >= 4 is 6.29 Å². The van der Waals surface area contributed by atoms with Crippen molar-refractivity contribution in [2.24, 2.45) is 0 Å². The smallest absolute Gasteiger partial charge is 0.280 e. The molecule has 0 bridgehead atoms. The number of carbonyl (C=O) groups excluding carboxylic acids is 1. The summed E-state index contributed by atoms with van der Waals surface area (Å²) in [4.78, 5) is 18.0. The Bertz CT molecular complexity index is 544. The van der Waals surface area contributed by atoms with E-state index >= 15 is 0 Å². The second kappa shape index (κ2) is 4.78. The Labute approximate surface area is 96.2 Å². The minimum atomic E-state index is -2.61. The van der Waals surface area contributed by atoms with Crippen LogP contribution in [0.5, 0.6) is 0 Å². The largest absolute Gasteiger partial charge is 0.298 e.